The first kappa shape index (κ1) is 20.7. The van der Waals surface area contributed by atoms with Gasteiger partial charge in [0.25, 0.3) is 5.91 Å². The second kappa shape index (κ2) is 8.38. The highest BCUT2D eigenvalue weighted by Crippen LogP contribution is 2.22. The van der Waals surface area contributed by atoms with Crippen LogP contribution in [0.15, 0.2) is 47.4 Å². The summed E-state index contributed by atoms with van der Waals surface area (Å²) in [6.45, 7) is 1.38. The molecule has 0 aliphatic heterocycles. The molecule has 27 heavy (non-hydrogen) atoms. The Kier molecular flexibility index (Phi) is 6.42. The van der Waals surface area contributed by atoms with Crippen molar-refractivity contribution >= 4 is 39.2 Å². The third-order valence-electron chi connectivity index (χ3n) is 3.48. The molecule has 0 bridgehead atoms. The molecule has 2 aromatic carbocycles. The minimum atomic E-state index is -4.11. The summed E-state index contributed by atoms with van der Waals surface area (Å²) in [6.07, 6.45) is -1.13. The first-order valence-corrected chi connectivity index (χ1v) is 9.52. The highest BCUT2D eigenvalue weighted by Gasteiger charge is 2.21. The SMILES string of the molecule is COc1ccc(NC(=O)C(C)OC(=O)c2ccc(Cl)c(S(N)(=O)=O)c2)cc1. The molecule has 144 valence electrons. The van der Waals surface area contributed by atoms with Gasteiger partial charge in [-0.1, -0.05) is 11.6 Å². The minimum absolute atomic E-state index is 0.104. The number of rotatable bonds is 6. The maximum atomic E-state index is 12.2. The molecular weight excluding hydrogens is 396 g/mol. The molecule has 0 spiro atoms. The highest BCUT2D eigenvalue weighted by molar-refractivity contribution is 7.89. The van der Waals surface area contributed by atoms with E-state index in [0.29, 0.717) is 11.4 Å². The van der Waals surface area contributed by atoms with Crippen LogP contribution in [-0.4, -0.2) is 33.5 Å². The van der Waals surface area contributed by atoms with Gasteiger partial charge in [-0.25, -0.2) is 18.4 Å². The standard InChI is InChI=1S/C17H17ClN2O6S/c1-10(16(21)20-12-4-6-13(25-2)7-5-12)26-17(22)11-3-8-14(18)15(9-11)27(19,23)24/h3-10H,1-2H3,(H,20,21)(H2,19,23,24). The van der Waals surface area contributed by atoms with Gasteiger partial charge in [-0.05, 0) is 49.4 Å². The van der Waals surface area contributed by atoms with E-state index in [4.69, 9.17) is 26.2 Å². The van der Waals surface area contributed by atoms with Gasteiger partial charge >= 0.3 is 5.97 Å². The second-order valence-electron chi connectivity index (χ2n) is 5.46. The largest absolute Gasteiger partial charge is 0.497 e. The van der Waals surface area contributed by atoms with Crippen LogP contribution in [-0.2, 0) is 19.6 Å². The van der Waals surface area contributed by atoms with Crippen LogP contribution in [0, 0.1) is 0 Å². The predicted octanol–water partition coefficient (Wildman–Crippen LogP) is 2.18. The summed E-state index contributed by atoms with van der Waals surface area (Å²) < 4.78 is 33.0. The van der Waals surface area contributed by atoms with E-state index >= 15 is 0 Å². The lowest BCUT2D eigenvalue weighted by Crippen LogP contribution is -2.30. The number of primary sulfonamides is 1. The zero-order valence-corrected chi connectivity index (χ0v) is 16.0. The summed E-state index contributed by atoms with van der Waals surface area (Å²) in [5.41, 5.74) is 0.388. The Morgan fingerprint density at radius 2 is 1.78 bits per heavy atom. The average Bonchev–Trinajstić information content (AvgIpc) is 2.61. The number of sulfonamides is 1. The van der Waals surface area contributed by atoms with Crippen molar-refractivity contribution in [2.75, 3.05) is 12.4 Å². The Labute approximate surface area is 161 Å². The molecule has 0 aromatic heterocycles. The van der Waals surface area contributed by atoms with E-state index < -0.39 is 32.9 Å². The number of hydrogen-bond donors (Lipinski definition) is 2. The molecule has 0 saturated heterocycles. The fourth-order valence-electron chi connectivity index (χ4n) is 2.05. The van der Waals surface area contributed by atoms with Crippen LogP contribution in [0.25, 0.3) is 0 Å². The number of methoxy groups -OCH3 is 1. The molecule has 0 aliphatic carbocycles. The molecule has 1 amide bonds. The number of halogens is 1. The van der Waals surface area contributed by atoms with Crippen LogP contribution in [0.4, 0.5) is 5.69 Å². The summed E-state index contributed by atoms with van der Waals surface area (Å²) in [5.74, 6) is -0.830. The number of nitrogens with two attached hydrogens (primary N) is 1. The molecule has 8 nitrogen and oxygen atoms in total. The monoisotopic (exact) mass is 412 g/mol. The third kappa shape index (κ3) is 5.43. The quantitative estimate of drug-likeness (QED) is 0.700. The molecule has 0 saturated carbocycles. The molecular formula is C17H17ClN2O6S. The first-order valence-electron chi connectivity index (χ1n) is 7.60. The summed E-state index contributed by atoms with van der Waals surface area (Å²) in [4.78, 5) is 23.9. The number of anilines is 1. The lowest BCUT2D eigenvalue weighted by atomic mass is 10.2. The molecule has 0 radical (unpaired) electrons. The fraction of sp³-hybridized carbons (Fsp3) is 0.176. The number of benzene rings is 2. The molecule has 3 N–H and O–H groups in total. The average molecular weight is 413 g/mol. The number of nitrogens with one attached hydrogen (secondary N) is 1. The van der Waals surface area contributed by atoms with Gasteiger partial charge in [0.15, 0.2) is 6.10 Å². The topological polar surface area (TPSA) is 125 Å². The first-order chi connectivity index (χ1) is 12.6. The Bertz CT molecular complexity index is 960. The van der Waals surface area contributed by atoms with Gasteiger partial charge in [-0.2, -0.15) is 0 Å². The number of carbonyl (C=O) groups excluding carboxylic acids is 2. The van der Waals surface area contributed by atoms with Crippen molar-refractivity contribution < 1.29 is 27.5 Å². The number of ether oxygens (including phenoxy) is 2. The van der Waals surface area contributed by atoms with Crippen molar-refractivity contribution in [1.29, 1.82) is 0 Å². The highest BCUT2D eigenvalue weighted by atomic mass is 35.5. The Balaban J connectivity index is 2.07. The normalized spacial score (nSPS) is 12.1. The fourth-order valence-corrected chi connectivity index (χ4v) is 3.12. The zero-order valence-electron chi connectivity index (χ0n) is 14.4. The molecule has 10 heteroatoms. The summed E-state index contributed by atoms with van der Waals surface area (Å²) in [7, 11) is -2.59. The lowest BCUT2D eigenvalue weighted by Gasteiger charge is -2.14. The van der Waals surface area contributed by atoms with Crippen LogP contribution in [0.1, 0.15) is 17.3 Å². The number of hydrogen-bond acceptors (Lipinski definition) is 6. The number of carbonyl (C=O) groups is 2. The van der Waals surface area contributed by atoms with Crippen LogP contribution in [0.3, 0.4) is 0 Å². The van der Waals surface area contributed by atoms with E-state index in [1.807, 2.05) is 0 Å². The zero-order chi connectivity index (χ0) is 20.2. The van der Waals surface area contributed by atoms with Crippen molar-refractivity contribution in [3.63, 3.8) is 0 Å². The van der Waals surface area contributed by atoms with Gasteiger partial charge in [-0.15, -0.1) is 0 Å². The third-order valence-corrected chi connectivity index (χ3v) is 4.88. The summed E-state index contributed by atoms with van der Waals surface area (Å²) >= 11 is 5.77. The van der Waals surface area contributed by atoms with Gasteiger partial charge in [0.2, 0.25) is 10.0 Å². The summed E-state index contributed by atoms with van der Waals surface area (Å²) in [6, 6.07) is 10.1. The van der Waals surface area contributed by atoms with Gasteiger partial charge in [0, 0.05) is 5.69 Å². The van der Waals surface area contributed by atoms with Gasteiger partial charge < -0.3 is 14.8 Å². The maximum Gasteiger partial charge on any atom is 0.338 e. The van der Waals surface area contributed by atoms with Crippen LogP contribution >= 0.6 is 11.6 Å². The number of amides is 1. The van der Waals surface area contributed by atoms with Crippen LogP contribution in [0.2, 0.25) is 5.02 Å². The van der Waals surface area contributed by atoms with E-state index in [9.17, 15) is 18.0 Å². The van der Waals surface area contributed by atoms with E-state index in [2.05, 4.69) is 5.32 Å². The molecule has 0 heterocycles. The van der Waals surface area contributed by atoms with Gasteiger partial charge in [0.1, 0.15) is 10.6 Å². The molecule has 1 atom stereocenters. The Hall–Kier alpha value is -2.62. The summed E-state index contributed by atoms with van der Waals surface area (Å²) in [5, 5.41) is 7.51. The smallest absolute Gasteiger partial charge is 0.338 e. The molecule has 0 fully saturated rings. The molecule has 1 unspecified atom stereocenters. The molecule has 0 aliphatic rings. The van der Waals surface area contributed by atoms with E-state index in [-0.39, 0.29) is 10.6 Å². The van der Waals surface area contributed by atoms with Crippen molar-refractivity contribution in [2.24, 2.45) is 5.14 Å². The van der Waals surface area contributed by atoms with Crippen LogP contribution < -0.4 is 15.2 Å². The van der Waals surface area contributed by atoms with Crippen molar-refractivity contribution in [2.45, 2.75) is 17.9 Å². The van der Waals surface area contributed by atoms with E-state index in [1.165, 1.54) is 26.2 Å². The van der Waals surface area contributed by atoms with Crippen molar-refractivity contribution in [3.8, 4) is 5.75 Å². The lowest BCUT2D eigenvalue weighted by molar-refractivity contribution is -0.123. The maximum absolute atomic E-state index is 12.2. The molecule has 2 rings (SSSR count). The Morgan fingerprint density at radius 1 is 1.15 bits per heavy atom. The van der Waals surface area contributed by atoms with Crippen LogP contribution in [0.5, 0.6) is 5.75 Å². The van der Waals surface area contributed by atoms with E-state index in [0.717, 1.165) is 6.07 Å². The van der Waals surface area contributed by atoms with E-state index in [1.54, 1.807) is 24.3 Å². The van der Waals surface area contributed by atoms with Gasteiger partial charge in [-0.3, -0.25) is 4.79 Å². The molecule has 2 aromatic rings. The minimum Gasteiger partial charge on any atom is -0.497 e. The van der Waals surface area contributed by atoms with Crippen molar-refractivity contribution in [3.05, 3.63) is 53.1 Å². The van der Waals surface area contributed by atoms with Crippen molar-refractivity contribution in [1.82, 2.24) is 0 Å². The van der Waals surface area contributed by atoms with Gasteiger partial charge in [0.05, 0.1) is 17.7 Å². The Morgan fingerprint density at radius 3 is 2.33 bits per heavy atom. The number of esters is 1. The second-order valence-corrected chi connectivity index (χ2v) is 7.39. The predicted molar refractivity (Wildman–Crippen MR) is 99.3 cm³/mol.